The number of rotatable bonds is 11. The molecule has 1 saturated heterocycles. The number of allylic oxidation sites excluding steroid dienone is 2. The Labute approximate surface area is 157 Å². The van der Waals surface area contributed by atoms with Gasteiger partial charge in [-0.1, -0.05) is 72.0 Å². The highest BCUT2D eigenvalue weighted by atomic mass is 16.7. The summed E-state index contributed by atoms with van der Waals surface area (Å²) in [4.78, 5) is 0. The molecule has 0 spiro atoms. The van der Waals surface area contributed by atoms with Gasteiger partial charge in [0.15, 0.2) is 5.79 Å². The average Bonchev–Trinajstić information content (AvgIpc) is 2.50. The topological polar surface area (TPSA) is 18.5 Å². The lowest BCUT2D eigenvalue weighted by Crippen LogP contribution is -2.45. The second kappa shape index (κ2) is 10.7. The maximum absolute atomic E-state index is 5.98. The van der Waals surface area contributed by atoms with Crippen LogP contribution in [0.15, 0.2) is 11.6 Å². The zero-order chi connectivity index (χ0) is 18.9. The van der Waals surface area contributed by atoms with Crippen molar-refractivity contribution < 1.29 is 9.47 Å². The van der Waals surface area contributed by atoms with E-state index in [0.29, 0.717) is 0 Å². The first kappa shape index (κ1) is 22.7. The molecule has 0 bridgehead atoms. The van der Waals surface area contributed by atoms with Crippen LogP contribution in [0.2, 0.25) is 0 Å². The molecule has 0 N–H and O–H groups in total. The average molecular weight is 353 g/mol. The van der Waals surface area contributed by atoms with Crippen molar-refractivity contribution in [2.45, 2.75) is 106 Å². The van der Waals surface area contributed by atoms with Gasteiger partial charge in [0.05, 0.1) is 13.2 Å². The minimum absolute atomic E-state index is 0.150. The summed E-state index contributed by atoms with van der Waals surface area (Å²) in [5.74, 6) is 1.33. The maximum Gasteiger partial charge on any atom is 0.165 e. The fourth-order valence-corrected chi connectivity index (χ4v) is 3.35. The van der Waals surface area contributed by atoms with Gasteiger partial charge in [-0.15, -0.1) is 0 Å². The first-order valence-electron chi connectivity index (χ1n) is 10.6. The van der Waals surface area contributed by atoms with Crippen LogP contribution in [-0.4, -0.2) is 19.0 Å². The van der Waals surface area contributed by atoms with Crippen molar-refractivity contribution in [3.8, 4) is 0 Å². The summed E-state index contributed by atoms with van der Waals surface area (Å²) in [6.45, 7) is 17.4. The molecule has 0 aromatic rings. The summed E-state index contributed by atoms with van der Waals surface area (Å²) < 4.78 is 12.0. The lowest BCUT2D eigenvalue weighted by Gasteiger charge is -2.41. The van der Waals surface area contributed by atoms with Gasteiger partial charge in [-0.25, -0.2) is 0 Å². The Hall–Kier alpha value is -0.340. The molecule has 0 aliphatic carbocycles. The summed E-state index contributed by atoms with van der Waals surface area (Å²) in [5, 5.41) is 0. The molecule has 0 aromatic carbocycles. The first-order valence-corrected chi connectivity index (χ1v) is 10.6. The molecule has 2 heteroatoms. The highest BCUT2D eigenvalue weighted by Gasteiger charge is 2.36. The molecule has 1 heterocycles. The third kappa shape index (κ3) is 10.4. The molecule has 1 unspecified atom stereocenters. The summed E-state index contributed by atoms with van der Waals surface area (Å²) >= 11 is 0. The largest absolute Gasteiger partial charge is 0.350 e. The summed E-state index contributed by atoms with van der Waals surface area (Å²) in [6, 6.07) is 0. The van der Waals surface area contributed by atoms with Crippen LogP contribution in [-0.2, 0) is 9.47 Å². The van der Waals surface area contributed by atoms with Gasteiger partial charge in [0.25, 0.3) is 0 Å². The van der Waals surface area contributed by atoms with E-state index in [0.717, 1.165) is 37.9 Å². The van der Waals surface area contributed by atoms with Crippen molar-refractivity contribution >= 4 is 0 Å². The van der Waals surface area contributed by atoms with Crippen LogP contribution in [0.3, 0.4) is 0 Å². The predicted octanol–water partition coefficient (Wildman–Crippen LogP) is 7.13. The molecule has 148 valence electrons. The molecule has 25 heavy (non-hydrogen) atoms. The zero-order valence-electron chi connectivity index (χ0n) is 18.1. The van der Waals surface area contributed by atoms with Gasteiger partial charge in [-0.2, -0.15) is 0 Å². The Kier molecular flexibility index (Phi) is 9.74. The van der Waals surface area contributed by atoms with E-state index in [-0.39, 0.29) is 5.41 Å². The second-order valence-corrected chi connectivity index (χ2v) is 9.79. The van der Waals surface area contributed by atoms with Gasteiger partial charge in [0.2, 0.25) is 0 Å². The maximum atomic E-state index is 5.98. The van der Waals surface area contributed by atoms with Gasteiger partial charge in [0.1, 0.15) is 0 Å². The first-order chi connectivity index (χ1) is 11.6. The summed E-state index contributed by atoms with van der Waals surface area (Å²) in [5.41, 5.74) is 1.67. The summed E-state index contributed by atoms with van der Waals surface area (Å²) in [7, 11) is 0. The third-order valence-corrected chi connectivity index (χ3v) is 5.37. The molecule has 2 nitrogen and oxygen atoms in total. The van der Waals surface area contributed by atoms with E-state index >= 15 is 0 Å². The van der Waals surface area contributed by atoms with Crippen molar-refractivity contribution in [2.75, 3.05) is 13.2 Å². The van der Waals surface area contributed by atoms with Crippen molar-refractivity contribution in [1.82, 2.24) is 0 Å². The van der Waals surface area contributed by atoms with Gasteiger partial charge in [0, 0.05) is 11.8 Å². The molecule has 1 rings (SSSR count). The highest BCUT2D eigenvalue weighted by molar-refractivity contribution is 4.98. The quantitative estimate of drug-likeness (QED) is 0.368. The van der Waals surface area contributed by atoms with E-state index in [1.165, 1.54) is 44.1 Å². The standard InChI is InChI=1S/C23H44O2/c1-19(2)11-8-12-20(3)13-9-14-21(4)15-10-16-23(7)24-17-22(5,6)18-25-23/h15,19-20H,8-14,16-18H2,1-7H3/b21-15-. The highest BCUT2D eigenvalue weighted by Crippen LogP contribution is 2.32. The zero-order valence-corrected chi connectivity index (χ0v) is 18.1. The van der Waals surface area contributed by atoms with E-state index in [4.69, 9.17) is 9.47 Å². The molecule has 0 aromatic heterocycles. The Bertz CT molecular complexity index is 385. The summed E-state index contributed by atoms with van der Waals surface area (Å²) in [6.07, 6.45) is 12.5. The van der Waals surface area contributed by atoms with Crippen LogP contribution in [0.4, 0.5) is 0 Å². The monoisotopic (exact) mass is 352 g/mol. The number of hydrogen-bond acceptors (Lipinski definition) is 2. The Morgan fingerprint density at radius 3 is 2.16 bits per heavy atom. The van der Waals surface area contributed by atoms with Crippen LogP contribution >= 0.6 is 0 Å². The Balaban J connectivity index is 2.15. The smallest absolute Gasteiger partial charge is 0.165 e. The Morgan fingerprint density at radius 1 is 0.960 bits per heavy atom. The molecule has 0 saturated carbocycles. The molecule has 1 atom stereocenters. The van der Waals surface area contributed by atoms with E-state index in [9.17, 15) is 0 Å². The van der Waals surface area contributed by atoms with Gasteiger partial charge >= 0.3 is 0 Å². The van der Waals surface area contributed by atoms with Gasteiger partial charge in [-0.3, -0.25) is 0 Å². The van der Waals surface area contributed by atoms with Crippen LogP contribution in [0, 0.1) is 17.3 Å². The number of hydrogen-bond donors (Lipinski definition) is 0. The van der Waals surface area contributed by atoms with E-state index in [2.05, 4.69) is 54.5 Å². The van der Waals surface area contributed by atoms with Gasteiger partial charge in [-0.05, 0) is 44.9 Å². The fraction of sp³-hybridized carbons (Fsp3) is 0.913. The molecule has 1 aliphatic rings. The predicted molar refractivity (Wildman–Crippen MR) is 109 cm³/mol. The van der Waals surface area contributed by atoms with Crippen LogP contribution in [0.5, 0.6) is 0 Å². The molecule has 0 radical (unpaired) electrons. The lowest BCUT2D eigenvalue weighted by atomic mass is 9.93. The third-order valence-electron chi connectivity index (χ3n) is 5.37. The lowest BCUT2D eigenvalue weighted by molar-refractivity contribution is -0.291. The van der Waals surface area contributed by atoms with Crippen LogP contribution < -0.4 is 0 Å². The number of ether oxygens (including phenoxy) is 2. The van der Waals surface area contributed by atoms with Crippen molar-refractivity contribution in [2.24, 2.45) is 17.3 Å². The van der Waals surface area contributed by atoms with Crippen LogP contribution in [0.25, 0.3) is 0 Å². The van der Waals surface area contributed by atoms with E-state index < -0.39 is 5.79 Å². The van der Waals surface area contributed by atoms with Crippen molar-refractivity contribution in [3.63, 3.8) is 0 Å². The molecule has 0 amide bonds. The molecule has 1 aliphatic heterocycles. The molecular formula is C23H44O2. The van der Waals surface area contributed by atoms with E-state index in [1.54, 1.807) is 0 Å². The van der Waals surface area contributed by atoms with Crippen molar-refractivity contribution in [3.05, 3.63) is 11.6 Å². The van der Waals surface area contributed by atoms with E-state index in [1.807, 2.05) is 0 Å². The minimum Gasteiger partial charge on any atom is -0.350 e. The Morgan fingerprint density at radius 2 is 1.56 bits per heavy atom. The second-order valence-electron chi connectivity index (χ2n) is 9.79. The van der Waals surface area contributed by atoms with Gasteiger partial charge < -0.3 is 9.47 Å². The normalized spacial score (nSPS) is 21.5. The fourth-order valence-electron chi connectivity index (χ4n) is 3.35. The minimum atomic E-state index is -0.392. The van der Waals surface area contributed by atoms with Crippen molar-refractivity contribution in [1.29, 1.82) is 0 Å². The molecular weight excluding hydrogens is 308 g/mol. The van der Waals surface area contributed by atoms with Crippen LogP contribution in [0.1, 0.15) is 99.8 Å². The SMILES string of the molecule is C/C(=C/CCC1(C)OCC(C)(C)CO1)CCCC(C)CCCC(C)C. The molecule has 1 fully saturated rings.